The third kappa shape index (κ3) is 4.28. The van der Waals surface area contributed by atoms with Gasteiger partial charge in [0.1, 0.15) is 0 Å². The quantitative estimate of drug-likeness (QED) is 0.740. The number of carbonyl (C=O) groups excluding carboxylic acids is 1. The van der Waals surface area contributed by atoms with E-state index in [2.05, 4.69) is 15.6 Å². The lowest BCUT2D eigenvalue weighted by Gasteiger charge is -2.03. The first-order chi connectivity index (χ1) is 7.63. The van der Waals surface area contributed by atoms with Gasteiger partial charge in [-0.1, -0.05) is 0 Å². The van der Waals surface area contributed by atoms with E-state index in [1.54, 1.807) is 11.3 Å². The Morgan fingerprint density at radius 3 is 2.75 bits per heavy atom. The van der Waals surface area contributed by atoms with Crippen molar-refractivity contribution in [3.63, 3.8) is 0 Å². The first-order valence-electron chi connectivity index (χ1n) is 5.53. The Balaban J connectivity index is 2.21. The van der Waals surface area contributed by atoms with Gasteiger partial charge in [-0.15, -0.1) is 11.3 Å². The van der Waals surface area contributed by atoms with Crippen LogP contribution in [0.5, 0.6) is 0 Å². The third-order valence-corrected chi connectivity index (χ3v) is 3.26. The van der Waals surface area contributed by atoms with E-state index in [1.165, 1.54) is 4.88 Å². The highest BCUT2D eigenvalue weighted by Gasteiger charge is 2.04. The minimum atomic E-state index is 0.104. The molecule has 16 heavy (non-hydrogen) atoms. The zero-order chi connectivity index (χ0) is 12.0. The maximum Gasteiger partial charge on any atom is 0.221 e. The molecule has 1 rings (SSSR count). The number of rotatable bonds is 6. The lowest BCUT2D eigenvalue weighted by molar-refractivity contribution is -0.120. The number of amides is 1. The lowest BCUT2D eigenvalue weighted by atomic mass is 10.3. The molecule has 0 saturated carbocycles. The molecule has 0 aliphatic carbocycles. The van der Waals surface area contributed by atoms with Gasteiger partial charge in [0.25, 0.3) is 0 Å². The molecule has 0 bridgehead atoms. The summed E-state index contributed by atoms with van der Waals surface area (Å²) in [6, 6.07) is 0. The van der Waals surface area contributed by atoms with Crippen LogP contribution >= 0.6 is 11.3 Å². The average Bonchev–Trinajstić information content (AvgIpc) is 2.53. The van der Waals surface area contributed by atoms with Gasteiger partial charge in [-0.05, 0) is 20.8 Å². The van der Waals surface area contributed by atoms with Crippen LogP contribution in [0.1, 0.15) is 28.9 Å². The zero-order valence-electron chi connectivity index (χ0n) is 10.1. The summed E-state index contributed by atoms with van der Waals surface area (Å²) in [5.74, 6) is 0.104. The lowest BCUT2D eigenvalue weighted by Crippen LogP contribution is -2.27. The molecule has 0 aliphatic heterocycles. The second-order valence-corrected chi connectivity index (χ2v) is 4.91. The van der Waals surface area contributed by atoms with Crippen LogP contribution < -0.4 is 10.6 Å². The van der Waals surface area contributed by atoms with Crippen molar-refractivity contribution in [3.8, 4) is 0 Å². The standard InChI is InChI=1S/C11H19N3OS/c1-4-13-11(15)5-6-12-7-10-8(2)14-9(3)16-10/h12H,4-7H2,1-3H3,(H,13,15). The minimum absolute atomic E-state index is 0.104. The molecule has 1 aromatic rings. The second kappa shape index (κ2) is 6.60. The molecule has 0 atom stereocenters. The van der Waals surface area contributed by atoms with Gasteiger partial charge in [-0.25, -0.2) is 4.98 Å². The van der Waals surface area contributed by atoms with Crippen LogP contribution in [0.2, 0.25) is 0 Å². The Kier molecular flexibility index (Phi) is 5.42. The molecule has 0 aromatic carbocycles. The van der Waals surface area contributed by atoms with E-state index in [1.807, 2.05) is 20.8 Å². The van der Waals surface area contributed by atoms with E-state index in [0.29, 0.717) is 19.5 Å². The van der Waals surface area contributed by atoms with Crippen LogP contribution in [-0.2, 0) is 11.3 Å². The summed E-state index contributed by atoms with van der Waals surface area (Å²) in [5.41, 5.74) is 1.09. The fraction of sp³-hybridized carbons (Fsp3) is 0.636. The normalized spacial score (nSPS) is 10.4. The molecule has 0 saturated heterocycles. The van der Waals surface area contributed by atoms with Crippen molar-refractivity contribution in [1.29, 1.82) is 0 Å². The van der Waals surface area contributed by atoms with Crippen molar-refractivity contribution in [2.24, 2.45) is 0 Å². The van der Waals surface area contributed by atoms with E-state index < -0.39 is 0 Å². The molecule has 4 nitrogen and oxygen atoms in total. The van der Waals surface area contributed by atoms with Crippen LogP contribution in [0.15, 0.2) is 0 Å². The third-order valence-electron chi connectivity index (χ3n) is 2.19. The largest absolute Gasteiger partial charge is 0.356 e. The molecule has 5 heteroatoms. The van der Waals surface area contributed by atoms with Gasteiger partial charge in [0.05, 0.1) is 10.7 Å². The van der Waals surface area contributed by atoms with Crippen LogP contribution in [0.25, 0.3) is 0 Å². The molecule has 0 spiro atoms. The van der Waals surface area contributed by atoms with Crippen molar-refractivity contribution >= 4 is 17.2 Å². The maximum atomic E-state index is 11.2. The summed E-state index contributed by atoms with van der Waals surface area (Å²) in [7, 11) is 0. The van der Waals surface area contributed by atoms with Crippen LogP contribution in [0.4, 0.5) is 0 Å². The second-order valence-electron chi connectivity index (χ2n) is 3.62. The summed E-state index contributed by atoms with van der Waals surface area (Å²) in [6.45, 7) is 8.17. The number of thiazole rings is 1. The van der Waals surface area contributed by atoms with Crippen molar-refractivity contribution in [1.82, 2.24) is 15.6 Å². The highest BCUT2D eigenvalue weighted by Crippen LogP contribution is 2.16. The Bertz CT molecular complexity index is 349. The van der Waals surface area contributed by atoms with Crippen LogP contribution in [-0.4, -0.2) is 24.0 Å². The summed E-state index contributed by atoms with van der Waals surface area (Å²) >= 11 is 1.71. The number of aromatic nitrogens is 1. The van der Waals surface area contributed by atoms with Crippen LogP contribution in [0, 0.1) is 13.8 Å². The van der Waals surface area contributed by atoms with Crippen molar-refractivity contribution in [3.05, 3.63) is 15.6 Å². The molecule has 1 aromatic heterocycles. The molecule has 0 fully saturated rings. The molecular formula is C11H19N3OS. The van der Waals surface area contributed by atoms with Gasteiger partial charge in [-0.2, -0.15) is 0 Å². The Hall–Kier alpha value is -0.940. The highest BCUT2D eigenvalue weighted by molar-refractivity contribution is 7.11. The van der Waals surface area contributed by atoms with Gasteiger partial charge >= 0.3 is 0 Å². The number of carbonyl (C=O) groups is 1. The molecule has 0 unspecified atom stereocenters. The van der Waals surface area contributed by atoms with Gasteiger partial charge in [0, 0.05) is 30.9 Å². The number of hydrogen-bond acceptors (Lipinski definition) is 4. The monoisotopic (exact) mass is 241 g/mol. The first-order valence-corrected chi connectivity index (χ1v) is 6.35. The Morgan fingerprint density at radius 2 is 2.19 bits per heavy atom. The number of nitrogens with one attached hydrogen (secondary N) is 2. The van der Waals surface area contributed by atoms with E-state index >= 15 is 0 Å². The van der Waals surface area contributed by atoms with Gasteiger partial charge in [0.2, 0.25) is 5.91 Å². The van der Waals surface area contributed by atoms with E-state index in [0.717, 1.165) is 17.2 Å². The highest BCUT2D eigenvalue weighted by atomic mass is 32.1. The molecule has 0 aliphatic rings. The molecule has 1 heterocycles. The predicted molar refractivity (Wildman–Crippen MR) is 66.6 cm³/mol. The molecular weight excluding hydrogens is 222 g/mol. The smallest absolute Gasteiger partial charge is 0.221 e. The molecule has 1 amide bonds. The molecule has 90 valence electrons. The predicted octanol–water partition coefficient (Wildman–Crippen LogP) is 1.38. The van der Waals surface area contributed by atoms with Crippen LogP contribution in [0.3, 0.4) is 0 Å². The number of nitrogens with zero attached hydrogens (tertiary/aromatic N) is 1. The number of hydrogen-bond donors (Lipinski definition) is 2. The fourth-order valence-electron chi connectivity index (χ4n) is 1.43. The van der Waals surface area contributed by atoms with Crippen molar-refractivity contribution in [2.75, 3.05) is 13.1 Å². The Morgan fingerprint density at radius 1 is 1.44 bits per heavy atom. The van der Waals surface area contributed by atoms with Crippen molar-refractivity contribution in [2.45, 2.75) is 33.7 Å². The van der Waals surface area contributed by atoms with Crippen molar-refractivity contribution < 1.29 is 4.79 Å². The topological polar surface area (TPSA) is 54.0 Å². The minimum Gasteiger partial charge on any atom is -0.356 e. The van der Waals surface area contributed by atoms with E-state index in [-0.39, 0.29) is 5.91 Å². The van der Waals surface area contributed by atoms with E-state index in [4.69, 9.17) is 0 Å². The SMILES string of the molecule is CCNC(=O)CCNCc1sc(C)nc1C. The van der Waals surface area contributed by atoms with Gasteiger partial charge in [0.15, 0.2) is 0 Å². The number of aryl methyl sites for hydroxylation is 2. The van der Waals surface area contributed by atoms with Gasteiger partial charge < -0.3 is 10.6 Å². The zero-order valence-corrected chi connectivity index (χ0v) is 10.9. The average molecular weight is 241 g/mol. The Labute approximate surface area is 100 Å². The molecule has 2 N–H and O–H groups in total. The summed E-state index contributed by atoms with van der Waals surface area (Å²) < 4.78 is 0. The fourth-order valence-corrected chi connectivity index (χ4v) is 2.33. The molecule has 0 radical (unpaired) electrons. The summed E-state index contributed by atoms with van der Waals surface area (Å²) in [6.07, 6.45) is 0.532. The van der Waals surface area contributed by atoms with Gasteiger partial charge in [-0.3, -0.25) is 4.79 Å². The summed E-state index contributed by atoms with van der Waals surface area (Å²) in [4.78, 5) is 16.8. The maximum absolute atomic E-state index is 11.2. The van der Waals surface area contributed by atoms with E-state index in [9.17, 15) is 4.79 Å². The summed E-state index contributed by atoms with van der Waals surface area (Å²) in [5, 5.41) is 7.12. The first kappa shape index (κ1) is 13.1.